The molecule has 0 aliphatic carbocycles. The number of carbonyl (C=O) groups excluding carboxylic acids is 1. The molecule has 2 atom stereocenters. The van der Waals surface area contributed by atoms with Crippen LogP contribution >= 0.6 is 0 Å². The van der Waals surface area contributed by atoms with Crippen molar-refractivity contribution in [2.24, 2.45) is 0 Å². The van der Waals surface area contributed by atoms with E-state index in [2.05, 4.69) is 22.6 Å². The highest BCUT2D eigenvalue weighted by Gasteiger charge is 2.38. The molecular weight excluding hydrogens is 338 g/mol. The number of nitrogens with zero attached hydrogens (tertiary/aromatic N) is 1. The largest absolute Gasteiger partial charge is 0.487 e. The van der Waals surface area contributed by atoms with Gasteiger partial charge in [0, 0.05) is 18.1 Å². The maximum absolute atomic E-state index is 12.5. The summed E-state index contributed by atoms with van der Waals surface area (Å²) in [6, 6.07) is 18.9. The Hall–Kier alpha value is -2.53. The van der Waals surface area contributed by atoms with Crippen molar-refractivity contribution in [3.63, 3.8) is 0 Å². The number of para-hydroxylation sites is 2. The molecule has 27 heavy (non-hydrogen) atoms. The van der Waals surface area contributed by atoms with Gasteiger partial charge >= 0.3 is 6.03 Å². The quantitative estimate of drug-likeness (QED) is 0.842. The maximum Gasteiger partial charge on any atom is 0.319 e. The number of rotatable bonds is 5. The molecule has 2 aliphatic heterocycles. The van der Waals surface area contributed by atoms with Crippen molar-refractivity contribution in [1.82, 2.24) is 10.2 Å². The number of fused-ring (bicyclic) bond motifs is 2. The van der Waals surface area contributed by atoms with E-state index in [9.17, 15) is 4.79 Å². The molecule has 2 aliphatic rings. The van der Waals surface area contributed by atoms with Crippen LogP contribution in [0.15, 0.2) is 54.6 Å². The van der Waals surface area contributed by atoms with Crippen molar-refractivity contribution >= 4 is 11.7 Å². The summed E-state index contributed by atoms with van der Waals surface area (Å²) in [6.45, 7) is 0.472. The number of piperidine rings is 1. The van der Waals surface area contributed by atoms with Gasteiger partial charge in [0.25, 0.3) is 0 Å². The SMILES string of the molecule is CN1C2CCC1CC(NC(=O)Nc1ccccc1OCc1ccccc1)C2. The Morgan fingerprint density at radius 2 is 1.70 bits per heavy atom. The van der Waals surface area contributed by atoms with Crippen LogP contribution in [-0.2, 0) is 6.61 Å². The molecule has 5 nitrogen and oxygen atoms in total. The normalized spacial score (nSPS) is 24.4. The minimum Gasteiger partial charge on any atom is -0.487 e. The number of urea groups is 1. The molecule has 0 radical (unpaired) electrons. The molecule has 2 saturated heterocycles. The molecule has 142 valence electrons. The van der Waals surface area contributed by atoms with Crippen molar-refractivity contribution < 1.29 is 9.53 Å². The van der Waals surface area contributed by atoms with Gasteiger partial charge in [0.1, 0.15) is 12.4 Å². The third-order valence-electron chi connectivity index (χ3n) is 5.81. The van der Waals surface area contributed by atoms with Gasteiger partial charge in [0.15, 0.2) is 0 Å². The average Bonchev–Trinajstić information content (AvgIpc) is 2.89. The second-order valence-electron chi connectivity index (χ2n) is 7.59. The van der Waals surface area contributed by atoms with E-state index in [0.29, 0.717) is 30.1 Å². The second kappa shape index (κ2) is 8.01. The third-order valence-corrected chi connectivity index (χ3v) is 5.81. The predicted molar refractivity (Wildman–Crippen MR) is 107 cm³/mol. The van der Waals surface area contributed by atoms with E-state index in [-0.39, 0.29) is 12.1 Å². The Kier molecular flexibility index (Phi) is 5.30. The third kappa shape index (κ3) is 4.25. The van der Waals surface area contributed by atoms with Crippen LogP contribution < -0.4 is 15.4 Å². The highest BCUT2D eigenvalue weighted by atomic mass is 16.5. The summed E-state index contributed by atoms with van der Waals surface area (Å²) >= 11 is 0. The van der Waals surface area contributed by atoms with Crippen molar-refractivity contribution in [2.75, 3.05) is 12.4 Å². The van der Waals surface area contributed by atoms with Crippen LogP contribution in [0.5, 0.6) is 5.75 Å². The zero-order valence-electron chi connectivity index (χ0n) is 15.7. The molecule has 2 aromatic carbocycles. The Labute approximate surface area is 160 Å². The smallest absolute Gasteiger partial charge is 0.319 e. The van der Waals surface area contributed by atoms with Crippen molar-refractivity contribution in [2.45, 2.75) is 50.4 Å². The predicted octanol–water partition coefficient (Wildman–Crippen LogP) is 4.01. The Bertz CT molecular complexity index is 766. The number of benzene rings is 2. The van der Waals surface area contributed by atoms with Gasteiger partial charge in [0.05, 0.1) is 5.69 Å². The van der Waals surface area contributed by atoms with E-state index < -0.39 is 0 Å². The Morgan fingerprint density at radius 3 is 2.44 bits per heavy atom. The summed E-state index contributed by atoms with van der Waals surface area (Å²) in [4.78, 5) is 15.0. The number of amides is 2. The zero-order valence-corrected chi connectivity index (χ0v) is 15.7. The molecule has 2 fully saturated rings. The number of carbonyl (C=O) groups is 1. The molecule has 2 aromatic rings. The first-order valence-electron chi connectivity index (χ1n) is 9.74. The van der Waals surface area contributed by atoms with Gasteiger partial charge in [-0.1, -0.05) is 42.5 Å². The zero-order chi connectivity index (χ0) is 18.6. The highest BCUT2D eigenvalue weighted by Crippen LogP contribution is 2.34. The summed E-state index contributed by atoms with van der Waals surface area (Å²) < 4.78 is 5.92. The van der Waals surface area contributed by atoms with Crippen LogP contribution in [-0.4, -0.2) is 36.1 Å². The van der Waals surface area contributed by atoms with Crippen molar-refractivity contribution in [3.8, 4) is 5.75 Å². The summed E-state index contributed by atoms with van der Waals surface area (Å²) in [7, 11) is 2.21. The number of ether oxygens (including phenoxy) is 1. The van der Waals surface area contributed by atoms with Crippen LogP contribution in [0, 0.1) is 0 Å². The topological polar surface area (TPSA) is 53.6 Å². The average molecular weight is 365 g/mol. The van der Waals surface area contributed by atoms with Crippen LogP contribution in [0.4, 0.5) is 10.5 Å². The van der Waals surface area contributed by atoms with Gasteiger partial charge in [-0.2, -0.15) is 0 Å². The molecule has 0 aromatic heterocycles. The first kappa shape index (κ1) is 17.9. The van der Waals surface area contributed by atoms with E-state index in [1.165, 1.54) is 12.8 Å². The van der Waals surface area contributed by atoms with Crippen molar-refractivity contribution in [3.05, 3.63) is 60.2 Å². The van der Waals surface area contributed by atoms with Crippen LogP contribution in [0.25, 0.3) is 0 Å². The number of anilines is 1. The summed E-state index contributed by atoms with van der Waals surface area (Å²) in [6.07, 6.45) is 4.56. The molecule has 2 N–H and O–H groups in total. The lowest BCUT2D eigenvalue weighted by molar-refractivity contribution is 0.151. The van der Waals surface area contributed by atoms with Gasteiger partial charge in [0.2, 0.25) is 0 Å². The Balaban J connectivity index is 1.34. The first-order chi connectivity index (χ1) is 13.2. The van der Waals surface area contributed by atoms with Gasteiger partial charge in [-0.15, -0.1) is 0 Å². The molecule has 2 unspecified atom stereocenters. The van der Waals surface area contributed by atoms with Crippen LogP contribution in [0.1, 0.15) is 31.2 Å². The van der Waals surface area contributed by atoms with E-state index >= 15 is 0 Å². The summed E-state index contributed by atoms with van der Waals surface area (Å²) in [5.41, 5.74) is 1.79. The molecule has 0 spiro atoms. The molecule has 2 amide bonds. The molecule has 2 heterocycles. The molecule has 2 bridgehead atoms. The summed E-state index contributed by atoms with van der Waals surface area (Å²) in [5, 5.41) is 6.12. The van der Waals surface area contributed by atoms with Gasteiger partial charge in [-0.3, -0.25) is 0 Å². The van der Waals surface area contributed by atoms with Gasteiger partial charge in [-0.05, 0) is 50.4 Å². The van der Waals surface area contributed by atoms with E-state index in [1.54, 1.807) is 0 Å². The fourth-order valence-electron chi connectivity index (χ4n) is 4.30. The van der Waals surface area contributed by atoms with E-state index in [0.717, 1.165) is 18.4 Å². The molecule has 5 heteroatoms. The molecular formula is C22H27N3O2. The number of hydrogen-bond donors (Lipinski definition) is 2. The first-order valence-corrected chi connectivity index (χ1v) is 9.74. The monoisotopic (exact) mass is 365 g/mol. The minimum absolute atomic E-state index is 0.153. The fourth-order valence-corrected chi connectivity index (χ4v) is 4.30. The standard InChI is InChI=1S/C22H27N3O2/c1-25-18-11-12-19(25)14-17(13-18)23-22(26)24-20-9-5-6-10-21(20)27-15-16-7-3-2-4-8-16/h2-10,17-19H,11-15H2,1H3,(H2,23,24,26). The fraction of sp³-hybridized carbons (Fsp3) is 0.409. The van der Waals surface area contributed by atoms with Crippen LogP contribution in [0.2, 0.25) is 0 Å². The van der Waals surface area contributed by atoms with Crippen molar-refractivity contribution in [1.29, 1.82) is 0 Å². The molecule has 4 rings (SSSR count). The van der Waals surface area contributed by atoms with Gasteiger partial charge in [-0.25, -0.2) is 4.79 Å². The highest BCUT2D eigenvalue weighted by molar-refractivity contribution is 5.91. The maximum atomic E-state index is 12.5. The lowest BCUT2D eigenvalue weighted by Crippen LogP contribution is -2.49. The minimum atomic E-state index is -0.153. The number of nitrogens with one attached hydrogen (secondary N) is 2. The second-order valence-corrected chi connectivity index (χ2v) is 7.59. The number of hydrogen-bond acceptors (Lipinski definition) is 3. The Morgan fingerprint density at radius 1 is 1.04 bits per heavy atom. The van der Waals surface area contributed by atoms with E-state index in [4.69, 9.17) is 4.74 Å². The molecule has 0 saturated carbocycles. The summed E-state index contributed by atoms with van der Waals surface area (Å²) in [5.74, 6) is 0.681. The van der Waals surface area contributed by atoms with Gasteiger partial charge < -0.3 is 20.3 Å². The van der Waals surface area contributed by atoms with Crippen LogP contribution in [0.3, 0.4) is 0 Å². The lowest BCUT2D eigenvalue weighted by atomic mass is 9.98. The van der Waals surface area contributed by atoms with E-state index in [1.807, 2.05) is 54.6 Å². The lowest BCUT2D eigenvalue weighted by Gasteiger charge is -2.36.